The van der Waals surface area contributed by atoms with Crippen molar-refractivity contribution in [3.05, 3.63) is 82.9 Å². The third-order valence-corrected chi connectivity index (χ3v) is 5.90. The molecule has 0 aliphatic heterocycles. The SMILES string of the molecule is CCCc1cn(-c2nccn2CCC)c(=O)n1Cc1ccc(-c2ccccc2-c2nn[nH]n2)nc1. The Morgan fingerprint density at radius 2 is 1.86 bits per heavy atom. The Morgan fingerprint density at radius 3 is 2.57 bits per heavy atom. The molecule has 10 nitrogen and oxygen atoms in total. The van der Waals surface area contributed by atoms with Gasteiger partial charge >= 0.3 is 5.69 Å². The molecule has 1 aromatic carbocycles. The quantitative estimate of drug-likeness (QED) is 0.354. The fraction of sp³-hybridized carbons (Fsp3) is 0.280. The molecule has 5 aromatic rings. The first-order valence-electron chi connectivity index (χ1n) is 11.8. The van der Waals surface area contributed by atoms with E-state index in [-0.39, 0.29) is 5.69 Å². The second kappa shape index (κ2) is 9.88. The topological polar surface area (TPSA) is 112 Å². The largest absolute Gasteiger partial charge is 0.335 e. The van der Waals surface area contributed by atoms with Crippen molar-refractivity contribution in [2.75, 3.05) is 0 Å². The number of tetrazole rings is 1. The van der Waals surface area contributed by atoms with E-state index in [1.807, 2.05) is 64.1 Å². The minimum Gasteiger partial charge on any atom is -0.317 e. The summed E-state index contributed by atoms with van der Waals surface area (Å²) in [5, 5.41) is 14.4. The van der Waals surface area contributed by atoms with Crippen LogP contribution in [0.4, 0.5) is 0 Å². The molecule has 0 aliphatic carbocycles. The Hall–Kier alpha value is -4.34. The Balaban J connectivity index is 1.46. The lowest BCUT2D eigenvalue weighted by molar-refractivity contribution is 0.638. The molecule has 0 saturated carbocycles. The molecule has 4 aromatic heterocycles. The number of aryl methyl sites for hydroxylation is 2. The molecule has 178 valence electrons. The maximum atomic E-state index is 13.4. The van der Waals surface area contributed by atoms with E-state index in [4.69, 9.17) is 4.98 Å². The molecular weight excluding hydrogens is 442 g/mol. The van der Waals surface area contributed by atoms with Crippen LogP contribution in [0.1, 0.15) is 37.9 Å². The van der Waals surface area contributed by atoms with Crippen molar-refractivity contribution >= 4 is 0 Å². The molecule has 5 rings (SSSR count). The normalized spacial score (nSPS) is 11.3. The van der Waals surface area contributed by atoms with Crippen molar-refractivity contribution in [1.82, 2.24) is 44.3 Å². The lowest BCUT2D eigenvalue weighted by atomic mass is 10.0. The maximum absolute atomic E-state index is 13.4. The number of benzene rings is 1. The minimum absolute atomic E-state index is 0.0940. The molecule has 0 unspecified atom stereocenters. The third kappa shape index (κ3) is 4.42. The molecule has 0 aliphatic rings. The average molecular weight is 470 g/mol. The number of nitrogens with zero attached hydrogens (tertiary/aromatic N) is 8. The van der Waals surface area contributed by atoms with Crippen molar-refractivity contribution in [3.63, 3.8) is 0 Å². The highest BCUT2D eigenvalue weighted by molar-refractivity contribution is 5.78. The number of aromatic amines is 1. The van der Waals surface area contributed by atoms with Crippen LogP contribution >= 0.6 is 0 Å². The fourth-order valence-electron chi connectivity index (χ4n) is 4.27. The molecule has 0 spiro atoms. The number of nitrogens with one attached hydrogen (secondary N) is 1. The maximum Gasteiger partial charge on any atom is 0.335 e. The summed E-state index contributed by atoms with van der Waals surface area (Å²) in [5.41, 5.74) is 4.40. The Bertz CT molecular complexity index is 1460. The number of hydrogen-bond donors (Lipinski definition) is 1. The van der Waals surface area contributed by atoms with E-state index >= 15 is 0 Å². The van der Waals surface area contributed by atoms with Crippen LogP contribution in [0.3, 0.4) is 0 Å². The lowest BCUT2D eigenvalue weighted by Gasteiger charge is -2.09. The van der Waals surface area contributed by atoms with Crippen LogP contribution in [0.15, 0.2) is 66.0 Å². The number of aromatic nitrogens is 9. The van der Waals surface area contributed by atoms with Crippen LogP contribution < -0.4 is 5.69 Å². The first kappa shape index (κ1) is 22.5. The van der Waals surface area contributed by atoms with Crippen molar-refractivity contribution in [1.29, 1.82) is 0 Å². The molecule has 35 heavy (non-hydrogen) atoms. The van der Waals surface area contributed by atoms with Crippen LogP contribution in [-0.2, 0) is 19.5 Å². The zero-order chi connectivity index (χ0) is 24.2. The van der Waals surface area contributed by atoms with Crippen molar-refractivity contribution in [2.45, 2.75) is 46.2 Å². The summed E-state index contributed by atoms with van der Waals surface area (Å²) < 4.78 is 5.49. The van der Waals surface area contributed by atoms with Crippen molar-refractivity contribution < 1.29 is 0 Å². The van der Waals surface area contributed by atoms with Gasteiger partial charge in [-0.05, 0) is 29.7 Å². The number of hydrogen-bond acceptors (Lipinski definition) is 6. The summed E-state index contributed by atoms with van der Waals surface area (Å²) in [6, 6.07) is 11.8. The highest BCUT2D eigenvalue weighted by Gasteiger charge is 2.16. The summed E-state index contributed by atoms with van der Waals surface area (Å²) in [7, 11) is 0. The van der Waals surface area contributed by atoms with E-state index < -0.39 is 0 Å². The summed E-state index contributed by atoms with van der Waals surface area (Å²) in [4.78, 5) is 22.6. The van der Waals surface area contributed by atoms with E-state index in [1.165, 1.54) is 0 Å². The second-order valence-corrected chi connectivity index (χ2v) is 8.36. The Morgan fingerprint density at radius 1 is 1.00 bits per heavy atom. The molecule has 0 fully saturated rings. The van der Waals surface area contributed by atoms with E-state index in [1.54, 1.807) is 10.8 Å². The smallest absolute Gasteiger partial charge is 0.317 e. The molecule has 0 atom stereocenters. The van der Waals surface area contributed by atoms with Crippen molar-refractivity contribution in [3.8, 4) is 28.6 Å². The van der Waals surface area contributed by atoms with Gasteiger partial charge in [-0.15, -0.1) is 10.2 Å². The predicted molar refractivity (Wildman–Crippen MR) is 132 cm³/mol. The molecule has 10 heteroatoms. The van der Waals surface area contributed by atoms with E-state index in [2.05, 4.69) is 39.5 Å². The van der Waals surface area contributed by atoms with Gasteiger partial charge in [0.2, 0.25) is 11.8 Å². The van der Waals surface area contributed by atoms with E-state index in [9.17, 15) is 4.79 Å². The van der Waals surface area contributed by atoms with Crippen molar-refractivity contribution in [2.24, 2.45) is 0 Å². The van der Waals surface area contributed by atoms with Crippen LogP contribution in [0.5, 0.6) is 0 Å². The fourth-order valence-corrected chi connectivity index (χ4v) is 4.27. The zero-order valence-corrected chi connectivity index (χ0v) is 19.8. The minimum atomic E-state index is -0.0940. The molecule has 0 amide bonds. The zero-order valence-electron chi connectivity index (χ0n) is 19.8. The van der Waals surface area contributed by atoms with E-state index in [0.29, 0.717) is 18.3 Å². The molecule has 1 N–H and O–H groups in total. The summed E-state index contributed by atoms with van der Waals surface area (Å²) >= 11 is 0. The monoisotopic (exact) mass is 469 g/mol. The van der Waals surface area contributed by atoms with Gasteiger partial charge < -0.3 is 4.57 Å². The van der Waals surface area contributed by atoms with Crippen LogP contribution in [0.2, 0.25) is 0 Å². The van der Waals surface area contributed by atoms with Gasteiger partial charge in [0, 0.05) is 48.2 Å². The Kier molecular flexibility index (Phi) is 6.34. The van der Waals surface area contributed by atoms with Crippen LogP contribution in [-0.4, -0.2) is 44.3 Å². The van der Waals surface area contributed by atoms with E-state index in [0.717, 1.165) is 53.9 Å². The number of pyridine rings is 1. The number of imidazole rings is 2. The molecule has 0 bridgehead atoms. The first-order chi connectivity index (χ1) is 17.2. The highest BCUT2D eigenvalue weighted by Crippen LogP contribution is 2.28. The van der Waals surface area contributed by atoms with Gasteiger partial charge in [-0.3, -0.25) is 9.55 Å². The molecule has 0 saturated heterocycles. The number of H-pyrrole nitrogens is 1. The second-order valence-electron chi connectivity index (χ2n) is 8.36. The highest BCUT2D eigenvalue weighted by atomic mass is 16.1. The van der Waals surface area contributed by atoms with Gasteiger partial charge in [-0.1, -0.05) is 50.6 Å². The first-order valence-corrected chi connectivity index (χ1v) is 11.8. The third-order valence-electron chi connectivity index (χ3n) is 5.90. The summed E-state index contributed by atoms with van der Waals surface area (Å²) in [6.45, 7) is 5.47. The molecular formula is C25H27N9O. The molecule has 0 radical (unpaired) electrons. The van der Waals surface area contributed by atoms with Gasteiger partial charge in [0.1, 0.15) is 0 Å². The van der Waals surface area contributed by atoms with Crippen LogP contribution in [0, 0.1) is 0 Å². The number of rotatable bonds is 9. The summed E-state index contributed by atoms with van der Waals surface area (Å²) in [5.74, 6) is 1.17. The Labute approximate surface area is 202 Å². The van der Waals surface area contributed by atoms with Gasteiger partial charge in [0.05, 0.1) is 12.2 Å². The van der Waals surface area contributed by atoms with Gasteiger partial charge in [-0.2, -0.15) is 5.21 Å². The average Bonchev–Trinajstić information content (AvgIpc) is 3.63. The van der Waals surface area contributed by atoms with Gasteiger partial charge in [-0.25, -0.2) is 14.3 Å². The lowest BCUT2D eigenvalue weighted by Crippen LogP contribution is -2.26. The van der Waals surface area contributed by atoms with Gasteiger partial charge in [0.15, 0.2) is 0 Å². The van der Waals surface area contributed by atoms with Gasteiger partial charge in [0.25, 0.3) is 0 Å². The predicted octanol–water partition coefficient (Wildman–Crippen LogP) is 3.49. The van der Waals surface area contributed by atoms with Crippen LogP contribution in [0.25, 0.3) is 28.6 Å². The summed E-state index contributed by atoms with van der Waals surface area (Å²) in [6.07, 6.45) is 10.1. The standard InChI is InChI=1S/C25H27N9O/c1-3-7-19-17-34(24-26-12-14-32(24)13-4-2)25(35)33(19)16-18-10-11-22(27-15-18)20-8-5-6-9-21(20)23-28-30-31-29-23/h5-6,8-12,14-15,17H,3-4,7,13,16H2,1-2H3,(H,28,29,30,31). The molecule has 4 heterocycles.